The van der Waals surface area contributed by atoms with Gasteiger partial charge in [0.15, 0.2) is 17.2 Å². The standard InChI is InChI=1S/C20H19F2N3O3/c1-13(26)23-6-8-24(9-7-23)20(27)17-11-18-16(5-10-28-18)25(17)12-14-3-2-4-15(21)19(14)22/h2-5,10-11H,6-9,12H2,1H3. The monoisotopic (exact) mass is 387 g/mol. The van der Waals surface area contributed by atoms with Crippen LogP contribution in [-0.2, 0) is 11.3 Å². The first-order valence-corrected chi connectivity index (χ1v) is 9.00. The van der Waals surface area contributed by atoms with E-state index in [0.717, 1.165) is 6.07 Å². The molecule has 1 aromatic carbocycles. The fraction of sp³-hybridized carbons (Fsp3) is 0.300. The summed E-state index contributed by atoms with van der Waals surface area (Å²) in [7, 11) is 0. The van der Waals surface area contributed by atoms with Crippen molar-refractivity contribution in [2.75, 3.05) is 26.2 Å². The molecule has 0 aliphatic carbocycles. The van der Waals surface area contributed by atoms with E-state index >= 15 is 0 Å². The molecule has 6 nitrogen and oxygen atoms in total. The molecule has 1 aliphatic heterocycles. The zero-order valence-corrected chi connectivity index (χ0v) is 15.3. The minimum Gasteiger partial charge on any atom is -0.463 e. The largest absolute Gasteiger partial charge is 0.463 e. The second kappa shape index (κ2) is 7.10. The molecule has 0 unspecified atom stereocenters. The van der Waals surface area contributed by atoms with E-state index in [4.69, 9.17) is 4.42 Å². The molecule has 0 saturated carbocycles. The smallest absolute Gasteiger partial charge is 0.270 e. The van der Waals surface area contributed by atoms with Crippen LogP contribution in [0.3, 0.4) is 0 Å². The minimum absolute atomic E-state index is 0.00110. The lowest BCUT2D eigenvalue weighted by Gasteiger charge is -2.34. The van der Waals surface area contributed by atoms with Gasteiger partial charge in [0, 0.05) is 50.8 Å². The van der Waals surface area contributed by atoms with Gasteiger partial charge < -0.3 is 18.8 Å². The number of benzene rings is 1. The van der Waals surface area contributed by atoms with E-state index in [-0.39, 0.29) is 23.9 Å². The number of amides is 2. The lowest BCUT2D eigenvalue weighted by molar-refractivity contribution is -0.130. The molecule has 0 spiro atoms. The molecule has 2 aromatic heterocycles. The number of carbonyl (C=O) groups excluding carboxylic acids is 2. The quantitative estimate of drug-likeness (QED) is 0.694. The van der Waals surface area contributed by atoms with Crippen molar-refractivity contribution in [1.29, 1.82) is 0 Å². The van der Waals surface area contributed by atoms with Gasteiger partial charge in [-0.2, -0.15) is 0 Å². The Labute approximate surface area is 159 Å². The van der Waals surface area contributed by atoms with Gasteiger partial charge in [-0.25, -0.2) is 8.78 Å². The summed E-state index contributed by atoms with van der Waals surface area (Å²) in [6.07, 6.45) is 1.49. The molecule has 2 amide bonds. The average molecular weight is 387 g/mol. The third-order valence-corrected chi connectivity index (χ3v) is 5.11. The molecule has 1 saturated heterocycles. The summed E-state index contributed by atoms with van der Waals surface area (Å²) >= 11 is 0. The maximum absolute atomic E-state index is 14.2. The predicted octanol–water partition coefficient (Wildman–Crippen LogP) is 2.87. The van der Waals surface area contributed by atoms with Gasteiger partial charge >= 0.3 is 0 Å². The molecule has 4 rings (SSSR count). The van der Waals surface area contributed by atoms with Crippen molar-refractivity contribution in [3.8, 4) is 0 Å². The van der Waals surface area contributed by atoms with E-state index in [2.05, 4.69) is 0 Å². The number of carbonyl (C=O) groups is 2. The van der Waals surface area contributed by atoms with Crippen molar-refractivity contribution < 1.29 is 22.8 Å². The van der Waals surface area contributed by atoms with Crippen LogP contribution in [0.4, 0.5) is 8.78 Å². The highest BCUT2D eigenvalue weighted by molar-refractivity contribution is 5.97. The summed E-state index contributed by atoms with van der Waals surface area (Å²) in [6, 6.07) is 7.29. The number of fused-ring (bicyclic) bond motifs is 1. The molecule has 0 atom stereocenters. The highest BCUT2D eigenvalue weighted by atomic mass is 19.2. The average Bonchev–Trinajstić information content (AvgIpc) is 3.27. The van der Waals surface area contributed by atoms with Crippen molar-refractivity contribution in [2.45, 2.75) is 13.5 Å². The number of hydrogen-bond acceptors (Lipinski definition) is 3. The summed E-state index contributed by atoms with van der Waals surface area (Å²) in [6.45, 7) is 3.27. The topological polar surface area (TPSA) is 58.7 Å². The summed E-state index contributed by atoms with van der Waals surface area (Å²) in [5.74, 6) is -2.11. The molecule has 8 heteroatoms. The van der Waals surface area contributed by atoms with Crippen LogP contribution in [0.2, 0.25) is 0 Å². The van der Waals surface area contributed by atoms with E-state index in [1.807, 2.05) is 0 Å². The Bertz CT molecular complexity index is 1050. The van der Waals surface area contributed by atoms with E-state index in [1.165, 1.54) is 25.3 Å². The first-order chi connectivity index (χ1) is 13.5. The molecule has 3 heterocycles. The van der Waals surface area contributed by atoms with Crippen LogP contribution in [0.15, 0.2) is 41.0 Å². The molecule has 0 N–H and O–H groups in total. The Morgan fingerprint density at radius 3 is 2.50 bits per heavy atom. The van der Waals surface area contributed by atoms with E-state index in [9.17, 15) is 18.4 Å². The number of furan rings is 1. The molecular formula is C20H19F2N3O3. The van der Waals surface area contributed by atoms with Gasteiger partial charge in [0.1, 0.15) is 5.69 Å². The fourth-order valence-corrected chi connectivity index (χ4v) is 3.55. The van der Waals surface area contributed by atoms with Gasteiger partial charge in [0.05, 0.1) is 18.3 Å². The van der Waals surface area contributed by atoms with Crippen molar-refractivity contribution in [2.24, 2.45) is 0 Å². The normalized spacial score (nSPS) is 14.7. The number of aromatic nitrogens is 1. The third kappa shape index (κ3) is 3.15. The Kier molecular flexibility index (Phi) is 4.62. The Hall–Kier alpha value is -3.16. The zero-order valence-electron chi connectivity index (χ0n) is 15.3. The highest BCUT2D eigenvalue weighted by Gasteiger charge is 2.27. The molecule has 146 valence electrons. The number of halogens is 2. The first kappa shape index (κ1) is 18.2. The van der Waals surface area contributed by atoms with E-state index < -0.39 is 11.6 Å². The van der Waals surface area contributed by atoms with Crippen LogP contribution in [-0.4, -0.2) is 52.4 Å². The summed E-state index contributed by atoms with van der Waals surface area (Å²) in [4.78, 5) is 27.9. The second-order valence-corrected chi connectivity index (χ2v) is 6.80. The maximum Gasteiger partial charge on any atom is 0.270 e. The first-order valence-electron chi connectivity index (χ1n) is 9.00. The van der Waals surface area contributed by atoms with Crippen molar-refractivity contribution >= 4 is 22.9 Å². The molecule has 0 bridgehead atoms. The molecule has 1 fully saturated rings. The van der Waals surface area contributed by atoms with Crippen LogP contribution in [0.1, 0.15) is 23.0 Å². The molecule has 28 heavy (non-hydrogen) atoms. The highest BCUT2D eigenvalue weighted by Crippen LogP contribution is 2.25. The second-order valence-electron chi connectivity index (χ2n) is 6.80. The van der Waals surface area contributed by atoms with E-state index in [0.29, 0.717) is 43.0 Å². The summed E-state index contributed by atoms with van der Waals surface area (Å²) in [5, 5.41) is 0. The van der Waals surface area contributed by atoms with Gasteiger partial charge in [-0.05, 0) is 6.07 Å². The minimum atomic E-state index is -0.929. The van der Waals surface area contributed by atoms with Crippen molar-refractivity contribution in [1.82, 2.24) is 14.4 Å². The van der Waals surface area contributed by atoms with Crippen molar-refractivity contribution in [3.05, 3.63) is 59.5 Å². The van der Waals surface area contributed by atoms with Crippen molar-refractivity contribution in [3.63, 3.8) is 0 Å². The lowest BCUT2D eigenvalue weighted by atomic mass is 10.2. The van der Waals surface area contributed by atoms with Gasteiger partial charge in [0.2, 0.25) is 5.91 Å². The molecule has 1 aliphatic rings. The van der Waals surface area contributed by atoms with Gasteiger partial charge in [-0.1, -0.05) is 12.1 Å². The molecular weight excluding hydrogens is 368 g/mol. The van der Waals surface area contributed by atoms with E-state index in [1.54, 1.807) is 26.5 Å². The van der Waals surface area contributed by atoms with Gasteiger partial charge in [-0.3, -0.25) is 9.59 Å². The summed E-state index contributed by atoms with van der Waals surface area (Å²) in [5.41, 5.74) is 1.63. The van der Waals surface area contributed by atoms with Crippen LogP contribution in [0.25, 0.3) is 11.1 Å². The van der Waals surface area contributed by atoms with Crippen LogP contribution < -0.4 is 0 Å². The fourth-order valence-electron chi connectivity index (χ4n) is 3.55. The van der Waals surface area contributed by atoms with Gasteiger partial charge in [-0.15, -0.1) is 0 Å². The SMILES string of the molecule is CC(=O)N1CCN(C(=O)c2cc3occc3n2Cc2cccc(F)c2F)CC1. The maximum atomic E-state index is 14.2. The predicted molar refractivity (Wildman–Crippen MR) is 97.8 cm³/mol. The Morgan fingerprint density at radius 2 is 1.79 bits per heavy atom. The van der Waals surface area contributed by atoms with Gasteiger partial charge in [0.25, 0.3) is 5.91 Å². The number of rotatable bonds is 3. The molecule has 3 aromatic rings. The van der Waals surface area contributed by atoms with Crippen LogP contribution in [0, 0.1) is 11.6 Å². The third-order valence-electron chi connectivity index (χ3n) is 5.11. The number of piperazine rings is 1. The Morgan fingerprint density at radius 1 is 1.07 bits per heavy atom. The summed E-state index contributed by atoms with van der Waals surface area (Å²) < 4.78 is 34.8. The Balaban J connectivity index is 1.65. The lowest BCUT2D eigenvalue weighted by Crippen LogP contribution is -2.50. The zero-order chi connectivity index (χ0) is 19.8. The number of hydrogen-bond donors (Lipinski definition) is 0. The number of nitrogens with zero attached hydrogens (tertiary/aromatic N) is 3. The van der Waals surface area contributed by atoms with Crippen LogP contribution in [0.5, 0.6) is 0 Å². The van der Waals surface area contributed by atoms with Crippen LogP contribution >= 0.6 is 0 Å². The molecule has 0 radical (unpaired) electrons.